The Balaban J connectivity index is 2.39. The van der Waals surface area contributed by atoms with Crippen LogP contribution in [0.3, 0.4) is 0 Å². The lowest BCUT2D eigenvalue weighted by Crippen LogP contribution is -2.50. The molecule has 0 aliphatic carbocycles. The van der Waals surface area contributed by atoms with Gasteiger partial charge in [-0.1, -0.05) is 6.07 Å². The van der Waals surface area contributed by atoms with Crippen LogP contribution >= 0.6 is 0 Å². The molecule has 0 spiro atoms. The van der Waals surface area contributed by atoms with E-state index in [-0.39, 0.29) is 30.1 Å². The molecule has 1 saturated heterocycles. The number of hydrogen-bond donors (Lipinski definition) is 2. The Bertz CT molecular complexity index is 771. The van der Waals surface area contributed by atoms with E-state index in [1.165, 1.54) is 12.1 Å². The molecule has 0 saturated carbocycles. The van der Waals surface area contributed by atoms with Crippen molar-refractivity contribution < 1.29 is 22.9 Å². The number of nitrogens with zero attached hydrogens (tertiary/aromatic N) is 2. The molecule has 2 atom stereocenters. The van der Waals surface area contributed by atoms with Crippen molar-refractivity contribution in [2.45, 2.75) is 11.3 Å². The van der Waals surface area contributed by atoms with Crippen molar-refractivity contribution in [1.82, 2.24) is 4.31 Å². The van der Waals surface area contributed by atoms with Crippen molar-refractivity contribution in [3.63, 3.8) is 0 Å². The predicted molar refractivity (Wildman–Crippen MR) is 81.8 cm³/mol. The first kappa shape index (κ1) is 17.8. The van der Waals surface area contributed by atoms with E-state index in [0.29, 0.717) is 0 Å². The van der Waals surface area contributed by atoms with Gasteiger partial charge in [0.25, 0.3) is 5.69 Å². The number of sulfonamides is 1. The maximum Gasteiger partial charge on any atom is 0.270 e. The largest absolute Gasteiger partial charge is 0.369 e. The molecule has 11 heteroatoms. The molecule has 2 rings (SSSR count). The molecule has 4 N–H and O–H groups in total. The Labute approximate surface area is 137 Å². The number of nitro groups is 1. The molecule has 1 aliphatic heterocycles. The Hall–Kier alpha value is -2.53. The normalized spacial score (nSPS) is 22.0. The first-order valence-corrected chi connectivity index (χ1v) is 8.40. The second-order valence-electron chi connectivity index (χ2n) is 5.51. The van der Waals surface area contributed by atoms with Crippen LogP contribution in [0.1, 0.15) is 6.42 Å². The molecule has 1 heterocycles. The minimum atomic E-state index is -4.14. The van der Waals surface area contributed by atoms with Crippen molar-refractivity contribution in [2.75, 3.05) is 13.1 Å². The van der Waals surface area contributed by atoms with E-state index in [4.69, 9.17) is 11.5 Å². The molecule has 1 fully saturated rings. The molecule has 0 bridgehead atoms. The smallest absolute Gasteiger partial charge is 0.270 e. The molecule has 0 aromatic heterocycles. The van der Waals surface area contributed by atoms with E-state index in [1.807, 2.05) is 0 Å². The van der Waals surface area contributed by atoms with Crippen LogP contribution in [0.15, 0.2) is 29.2 Å². The number of amides is 2. The van der Waals surface area contributed by atoms with Crippen molar-refractivity contribution in [1.29, 1.82) is 0 Å². The van der Waals surface area contributed by atoms with Crippen LogP contribution < -0.4 is 11.5 Å². The fourth-order valence-corrected chi connectivity index (χ4v) is 4.14. The minimum absolute atomic E-state index is 0.0750. The zero-order valence-electron chi connectivity index (χ0n) is 12.5. The SMILES string of the molecule is NC(=O)C1CC(C(N)=O)CN(S(=O)(=O)c2cccc([N+](=O)[O-])c2)C1. The van der Waals surface area contributed by atoms with E-state index in [9.17, 15) is 28.1 Å². The summed E-state index contributed by atoms with van der Waals surface area (Å²) in [5.74, 6) is -3.19. The molecule has 0 radical (unpaired) electrons. The lowest BCUT2D eigenvalue weighted by atomic mass is 9.89. The quantitative estimate of drug-likeness (QED) is 0.517. The van der Waals surface area contributed by atoms with Gasteiger partial charge in [-0.15, -0.1) is 0 Å². The van der Waals surface area contributed by atoms with Gasteiger partial charge in [-0.2, -0.15) is 4.31 Å². The van der Waals surface area contributed by atoms with Gasteiger partial charge < -0.3 is 11.5 Å². The summed E-state index contributed by atoms with van der Waals surface area (Å²) < 4.78 is 26.3. The highest BCUT2D eigenvalue weighted by molar-refractivity contribution is 7.89. The van der Waals surface area contributed by atoms with Gasteiger partial charge in [0.05, 0.1) is 21.7 Å². The number of benzene rings is 1. The third kappa shape index (κ3) is 3.51. The van der Waals surface area contributed by atoms with E-state index < -0.39 is 38.6 Å². The molecule has 10 nitrogen and oxygen atoms in total. The van der Waals surface area contributed by atoms with Crippen LogP contribution in [0.2, 0.25) is 0 Å². The van der Waals surface area contributed by atoms with Crippen molar-refractivity contribution >= 4 is 27.5 Å². The highest BCUT2D eigenvalue weighted by Gasteiger charge is 2.39. The summed E-state index contributed by atoms with van der Waals surface area (Å²) in [4.78, 5) is 32.7. The Morgan fingerprint density at radius 2 is 1.71 bits per heavy atom. The Kier molecular flexibility index (Phi) is 4.85. The Morgan fingerprint density at radius 1 is 1.17 bits per heavy atom. The lowest BCUT2D eigenvalue weighted by Gasteiger charge is -2.34. The number of carbonyl (C=O) groups excluding carboxylic acids is 2. The maximum absolute atomic E-state index is 12.7. The monoisotopic (exact) mass is 356 g/mol. The third-order valence-electron chi connectivity index (χ3n) is 3.89. The van der Waals surface area contributed by atoms with Gasteiger partial charge in [0, 0.05) is 25.2 Å². The molecule has 1 aromatic carbocycles. The minimum Gasteiger partial charge on any atom is -0.369 e. The van der Waals surface area contributed by atoms with Gasteiger partial charge >= 0.3 is 0 Å². The summed E-state index contributed by atoms with van der Waals surface area (Å²) in [7, 11) is -4.14. The number of hydrogen-bond acceptors (Lipinski definition) is 6. The summed E-state index contributed by atoms with van der Waals surface area (Å²) in [6.45, 7) is -0.408. The van der Waals surface area contributed by atoms with Gasteiger partial charge in [0.2, 0.25) is 21.8 Å². The summed E-state index contributed by atoms with van der Waals surface area (Å²) >= 11 is 0. The van der Waals surface area contributed by atoms with E-state index in [0.717, 1.165) is 16.4 Å². The van der Waals surface area contributed by atoms with Crippen molar-refractivity contribution in [2.24, 2.45) is 23.3 Å². The summed E-state index contributed by atoms with van der Waals surface area (Å²) in [5, 5.41) is 10.8. The zero-order valence-corrected chi connectivity index (χ0v) is 13.3. The summed E-state index contributed by atoms with van der Waals surface area (Å²) in [6.07, 6.45) is 0.0750. The zero-order chi connectivity index (χ0) is 18.1. The maximum atomic E-state index is 12.7. The Morgan fingerprint density at radius 3 is 2.17 bits per heavy atom. The summed E-state index contributed by atoms with van der Waals surface area (Å²) in [5.41, 5.74) is 10.1. The average Bonchev–Trinajstić information content (AvgIpc) is 2.54. The highest BCUT2D eigenvalue weighted by atomic mass is 32.2. The highest BCUT2D eigenvalue weighted by Crippen LogP contribution is 2.28. The van der Waals surface area contributed by atoms with Gasteiger partial charge in [-0.25, -0.2) is 8.42 Å². The number of nitrogens with two attached hydrogens (primary N) is 2. The second kappa shape index (κ2) is 6.53. The predicted octanol–water partition coefficient (Wildman–Crippen LogP) is -0.808. The molecule has 24 heavy (non-hydrogen) atoms. The molecular weight excluding hydrogens is 340 g/mol. The molecule has 1 aliphatic rings. The van der Waals surface area contributed by atoms with Gasteiger partial charge in [-0.3, -0.25) is 19.7 Å². The number of rotatable bonds is 5. The van der Waals surface area contributed by atoms with Crippen LogP contribution in [0, 0.1) is 22.0 Å². The van der Waals surface area contributed by atoms with Crippen LogP contribution in [0.5, 0.6) is 0 Å². The van der Waals surface area contributed by atoms with Crippen molar-refractivity contribution in [3.05, 3.63) is 34.4 Å². The van der Waals surface area contributed by atoms with Crippen molar-refractivity contribution in [3.8, 4) is 0 Å². The molecule has 2 amide bonds. The fourth-order valence-electron chi connectivity index (χ4n) is 2.57. The van der Waals surface area contributed by atoms with E-state index >= 15 is 0 Å². The number of piperidine rings is 1. The molecule has 1 aromatic rings. The number of non-ortho nitro benzene ring substituents is 1. The van der Waals surface area contributed by atoms with Crippen LogP contribution in [-0.4, -0.2) is 42.6 Å². The van der Waals surface area contributed by atoms with Crippen LogP contribution in [-0.2, 0) is 19.6 Å². The van der Waals surface area contributed by atoms with Gasteiger partial charge in [0.15, 0.2) is 0 Å². The summed E-state index contributed by atoms with van der Waals surface area (Å²) in [6, 6.07) is 4.53. The van der Waals surface area contributed by atoms with E-state index in [1.54, 1.807) is 0 Å². The molecular formula is C13H16N4O6S. The third-order valence-corrected chi connectivity index (χ3v) is 5.72. The van der Waals surface area contributed by atoms with Crippen LogP contribution in [0.4, 0.5) is 5.69 Å². The number of nitro benzene ring substituents is 1. The number of carbonyl (C=O) groups is 2. The average molecular weight is 356 g/mol. The number of primary amides is 2. The standard InChI is InChI=1S/C13H16N4O6S/c14-12(18)8-4-9(13(15)19)7-16(6-8)24(22,23)11-3-1-2-10(5-11)17(20)21/h1-3,5,8-9H,4,6-7H2,(H2,14,18)(H2,15,19). The van der Waals surface area contributed by atoms with E-state index in [2.05, 4.69) is 0 Å². The first-order chi connectivity index (χ1) is 11.1. The topological polar surface area (TPSA) is 167 Å². The molecule has 130 valence electrons. The fraction of sp³-hybridized carbons (Fsp3) is 0.385. The first-order valence-electron chi connectivity index (χ1n) is 6.96. The van der Waals surface area contributed by atoms with Crippen LogP contribution in [0.25, 0.3) is 0 Å². The second-order valence-corrected chi connectivity index (χ2v) is 7.45. The van der Waals surface area contributed by atoms with Gasteiger partial charge in [-0.05, 0) is 12.5 Å². The lowest BCUT2D eigenvalue weighted by molar-refractivity contribution is -0.385. The van der Waals surface area contributed by atoms with Gasteiger partial charge in [0.1, 0.15) is 0 Å². The molecule has 2 unspecified atom stereocenters.